The van der Waals surface area contributed by atoms with Crippen LogP contribution >= 0.6 is 0 Å². The number of H-pyrrole nitrogens is 1. The minimum Gasteiger partial charge on any atom is -0.497 e. The summed E-state index contributed by atoms with van der Waals surface area (Å²) in [5, 5.41) is 6.04. The Kier molecular flexibility index (Phi) is 6.48. The third-order valence-corrected chi connectivity index (χ3v) is 6.45. The van der Waals surface area contributed by atoms with Gasteiger partial charge in [0.15, 0.2) is 0 Å². The van der Waals surface area contributed by atoms with Crippen molar-refractivity contribution in [3.63, 3.8) is 0 Å². The number of hydrogen-bond acceptors (Lipinski definition) is 4. The first-order chi connectivity index (χ1) is 17.1. The summed E-state index contributed by atoms with van der Waals surface area (Å²) in [7, 11) is 1.60. The predicted octanol–water partition coefficient (Wildman–Crippen LogP) is 5.55. The summed E-state index contributed by atoms with van der Waals surface area (Å²) in [6.07, 6.45) is 5.71. The Morgan fingerprint density at radius 2 is 1.60 bits per heavy atom. The number of imidazole rings is 1. The molecule has 1 fully saturated rings. The molecule has 0 unspecified atom stereocenters. The van der Waals surface area contributed by atoms with Gasteiger partial charge in [0, 0.05) is 28.4 Å². The van der Waals surface area contributed by atoms with Crippen LogP contribution in [0.3, 0.4) is 0 Å². The Bertz CT molecular complexity index is 1340. The molecule has 0 bridgehead atoms. The number of carbonyl (C=O) groups excluding carboxylic acids is 2. The van der Waals surface area contributed by atoms with E-state index >= 15 is 0 Å². The lowest BCUT2D eigenvalue weighted by Crippen LogP contribution is -2.36. The summed E-state index contributed by atoms with van der Waals surface area (Å²) >= 11 is 0. The number of fused-ring (bicyclic) bond motifs is 1. The number of anilines is 1. The molecule has 1 aromatic heterocycles. The highest BCUT2D eigenvalue weighted by atomic mass is 16.5. The van der Waals surface area contributed by atoms with Crippen LogP contribution in [0.2, 0.25) is 0 Å². The van der Waals surface area contributed by atoms with Crippen LogP contribution in [0.5, 0.6) is 5.75 Å². The minimum absolute atomic E-state index is 0.0397. The molecule has 0 atom stereocenters. The topological polar surface area (TPSA) is 96.1 Å². The maximum Gasteiger partial charge on any atom is 0.255 e. The van der Waals surface area contributed by atoms with Gasteiger partial charge in [-0.1, -0.05) is 31.4 Å². The largest absolute Gasteiger partial charge is 0.497 e. The van der Waals surface area contributed by atoms with E-state index in [1.807, 2.05) is 30.3 Å². The van der Waals surface area contributed by atoms with Crippen LogP contribution in [0, 0.1) is 0 Å². The molecule has 7 heteroatoms. The summed E-state index contributed by atoms with van der Waals surface area (Å²) < 4.78 is 5.14. The minimum atomic E-state index is -0.194. The zero-order valence-corrected chi connectivity index (χ0v) is 19.6. The van der Waals surface area contributed by atoms with Crippen molar-refractivity contribution in [2.75, 3.05) is 12.4 Å². The van der Waals surface area contributed by atoms with Gasteiger partial charge in [-0.3, -0.25) is 9.59 Å². The second-order valence-corrected chi connectivity index (χ2v) is 8.89. The Labute approximate surface area is 203 Å². The molecule has 35 heavy (non-hydrogen) atoms. The Morgan fingerprint density at radius 3 is 2.31 bits per heavy atom. The molecule has 7 nitrogen and oxygen atoms in total. The SMILES string of the molecule is COc1ccc(NC(=O)c2ccc(-c3nc4ccc(C(=O)NC5CCCCC5)cc4[nH]3)cc2)cc1. The lowest BCUT2D eigenvalue weighted by molar-refractivity contribution is 0.0927. The van der Waals surface area contributed by atoms with Crippen molar-refractivity contribution < 1.29 is 14.3 Å². The van der Waals surface area contributed by atoms with E-state index in [2.05, 4.69) is 20.6 Å². The first-order valence-electron chi connectivity index (χ1n) is 12.0. The van der Waals surface area contributed by atoms with E-state index in [9.17, 15) is 9.59 Å². The van der Waals surface area contributed by atoms with Gasteiger partial charge in [-0.25, -0.2) is 4.98 Å². The van der Waals surface area contributed by atoms with Gasteiger partial charge in [-0.15, -0.1) is 0 Å². The third-order valence-electron chi connectivity index (χ3n) is 6.45. The van der Waals surface area contributed by atoms with Gasteiger partial charge in [-0.2, -0.15) is 0 Å². The van der Waals surface area contributed by atoms with Crippen LogP contribution in [-0.4, -0.2) is 34.9 Å². The molecule has 1 saturated carbocycles. The summed E-state index contributed by atoms with van der Waals surface area (Å²) in [4.78, 5) is 33.3. The van der Waals surface area contributed by atoms with Crippen molar-refractivity contribution in [1.82, 2.24) is 15.3 Å². The highest BCUT2D eigenvalue weighted by molar-refractivity contribution is 6.04. The molecule has 1 aliphatic carbocycles. The normalized spacial score (nSPS) is 14.0. The lowest BCUT2D eigenvalue weighted by atomic mass is 9.95. The van der Waals surface area contributed by atoms with Crippen LogP contribution in [-0.2, 0) is 0 Å². The van der Waals surface area contributed by atoms with E-state index in [0.29, 0.717) is 22.6 Å². The number of nitrogens with zero attached hydrogens (tertiary/aromatic N) is 1. The van der Waals surface area contributed by atoms with Crippen LogP contribution in [0.25, 0.3) is 22.4 Å². The second-order valence-electron chi connectivity index (χ2n) is 8.89. The van der Waals surface area contributed by atoms with Crippen LogP contribution in [0.15, 0.2) is 66.7 Å². The predicted molar refractivity (Wildman–Crippen MR) is 137 cm³/mol. The van der Waals surface area contributed by atoms with Crippen molar-refractivity contribution in [3.8, 4) is 17.1 Å². The van der Waals surface area contributed by atoms with Crippen molar-refractivity contribution >= 4 is 28.5 Å². The number of aromatic amines is 1. The summed E-state index contributed by atoms with van der Waals surface area (Å²) in [6, 6.07) is 20.2. The van der Waals surface area contributed by atoms with Crippen molar-refractivity contribution in [2.24, 2.45) is 0 Å². The number of benzene rings is 3. The maximum atomic E-state index is 12.7. The van der Waals surface area contributed by atoms with Gasteiger partial charge in [0.1, 0.15) is 11.6 Å². The molecule has 0 aliphatic heterocycles. The van der Waals surface area contributed by atoms with Gasteiger partial charge < -0.3 is 20.4 Å². The summed E-state index contributed by atoms with van der Waals surface area (Å²) in [5.41, 5.74) is 4.32. The smallest absolute Gasteiger partial charge is 0.255 e. The monoisotopic (exact) mass is 468 g/mol. The molecule has 3 N–H and O–H groups in total. The lowest BCUT2D eigenvalue weighted by Gasteiger charge is -2.22. The van der Waals surface area contributed by atoms with Gasteiger partial charge >= 0.3 is 0 Å². The molecule has 5 rings (SSSR count). The van der Waals surface area contributed by atoms with Gasteiger partial charge in [-0.05, 0) is 67.4 Å². The van der Waals surface area contributed by atoms with Gasteiger partial charge in [0.05, 0.1) is 18.1 Å². The molecular formula is C28H28N4O3. The fraction of sp³-hybridized carbons (Fsp3) is 0.250. The molecule has 0 spiro atoms. The van der Waals surface area contributed by atoms with E-state index in [4.69, 9.17) is 4.74 Å². The molecule has 3 aromatic carbocycles. The zero-order valence-electron chi connectivity index (χ0n) is 19.6. The molecule has 4 aromatic rings. The standard InChI is InChI=1S/C28H28N4O3/c1-35-23-14-12-22(13-15-23)30-27(33)19-9-7-18(8-10-19)26-31-24-16-11-20(17-25(24)32-26)28(34)29-21-5-3-2-4-6-21/h7-17,21H,2-6H2,1H3,(H,29,34)(H,30,33)(H,31,32). The summed E-state index contributed by atoms with van der Waals surface area (Å²) in [5.74, 6) is 1.18. The number of hydrogen-bond donors (Lipinski definition) is 3. The fourth-order valence-electron chi connectivity index (χ4n) is 4.46. The molecular weight excluding hydrogens is 440 g/mol. The third kappa shape index (κ3) is 5.19. The number of aromatic nitrogens is 2. The highest BCUT2D eigenvalue weighted by Crippen LogP contribution is 2.23. The number of ether oxygens (including phenoxy) is 1. The number of carbonyl (C=O) groups is 2. The van der Waals surface area contributed by atoms with E-state index in [-0.39, 0.29) is 17.9 Å². The van der Waals surface area contributed by atoms with E-state index in [1.54, 1.807) is 43.5 Å². The van der Waals surface area contributed by atoms with Crippen LogP contribution in [0.4, 0.5) is 5.69 Å². The molecule has 0 saturated heterocycles. The van der Waals surface area contributed by atoms with Gasteiger partial charge in [0.2, 0.25) is 0 Å². The van der Waals surface area contributed by atoms with Crippen LogP contribution in [0.1, 0.15) is 52.8 Å². The molecule has 0 radical (unpaired) electrons. The molecule has 2 amide bonds. The van der Waals surface area contributed by atoms with Crippen molar-refractivity contribution in [3.05, 3.63) is 77.9 Å². The number of rotatable bonds is 6. The van der Waals surface area contributed by atoms with Crippen molar-refractivity contribution in [2.45, 2.75) is 38.1 Å². The zero-order chi connectivity index (χ0) is 24.2. The van der Waals surface area contributed by atoms with E-state index in [1.165, 1.54) is 19.3 Å². The summed E-state index contributed by atoms with van der Waals surface area (Å²) in [6.45, 7) is 0. The Morgan fingerprint density at radius 1 is 0.886 bits per heavy atom. The number of nitrogens with one attached hydrogen (secondary N) is 3. The quantitative estimate of drug-likeness (QED) is 0.345. The van der Waals surface area contributed by atoms with Crippen LogP contribution < -0.4 is 15.4 Å². The maximum absolute atomic E-state index is 12.7. The molecule has 1 heterocycles. The van der Waals surface area contributed by atoms with Gasteiger partial charge in [0.25, 0.3) is 11.8 Å². The first kappa shape index (κ1) is 22.7. The average Bonchev–Trinajstić information content (AvgIpc) is 3.33. The second kappa shape index (κ2) is 10.0. The highest BCUT2D eigenvalue weighted by Gasteiger charge is 2.17. The molecule has 1 aliphatic rings. The number of amides is 2. The fourth-order valence-corrected chi connectivity index (χ4v) is 4.46. The first-order valence-corrected chi connectivity index (χ1v) is 12.0. The Hall–Kier alpha value is -4.13. The Balaban J connectivity index is 1.28. The average molecular weight is 469 g/mol. The molecule has 178 valence electrons. The van der Waals surface area contributed by atoms with Crippen molar-refractivity contribution in [1.29, 1.82) is 0 Å². The van der Waals surface area contributed by atoms with E-state index < -0.39 is 0 Å². The van der Waals surface area contributed by atoms with E-state index in [0.717, 1.165) is 35.2 Å². The number of methoxy groups -OCH3 is 1.